The zero-order valence-corrected chi connectivity index (χ0v) is 19.6. The summed E-state index contributed by atoms with van der Waals surface area (Å²) in [5.41, 5.74) is 3.49. The molecule has 3 aromatic rings. The van der Waals surface area contributed by atoms with E-state index in [1.165, 1.54) is 16.0 Å². The van der Waals surface area contributed by atoms with Crippen LogP contribution in [0.1, 0.15) is 33.6 Å². The summed E-state index contributed by atoms with van der Waals surface area (Å²) in [4.78, 5) is 10.5. The fraction of sp³-hybridized carbons (Fsp3) is 0.350. The maximum atomic E-state index is 4.73. The molecule has 0 saturated heterocycles. The van der Waals surface area contributed by atoms with Gasteiger partial charge in [0, 0.05) is 23.8 Å². The van der Waals surface area contributed by atoms with Crippen molar-refractivity contribution < 1.29 is 0 Å². The van der Waals surface area contributed by atoms with Gasteiger partial charge in [0.2, 0.25) is 0 Å². The topological polar surface area (TPSA) is 67.1 Å². The SMILES string of the molecule is CCNC(=NCc1cccc(Cn2cccn2)c1)NCc1sc(C)nc1C.I. The Hall–Kier alpha value is -1.94. The molecule has 0 radical (unpaired) electrons. The van der Waals surface area contributed by atoms with Crippen molar-refractivity contribution in [2.75, 3.05) is 6.54 Å². The van der Waals surface area contributed by atoms with Gasteiger partial charge in [-0.15, -0.1) is 35.3 Å². The molecule has 0 atom stereocenters. The summed E-state index contributed by atoms with van der Waals surface area (Å²) in [6.45, 7) is 9.13. The zero-order chi connectivity index (χ0) is 19.1. The number of nitrogens with one attached hydrogen (secondary N) is 2. The molecule has 0 aliphatic carbocycles. The van der Waals surface area contributed by atoms with Crippen molar-refractivity contribution in [2.45, 2.75) is 40.4 Å². The van der Waals surface area contributed by atoms with Crippen LogP contribution >= 0.6 is 35.3 Å². The van der Waals surface area contributed by atoms with Crippen molar-refractivity contribution in [3.05, 3.63) is 69.4 Å². The van der Waals surface area contributed by atoms with Crippen LogP contribution in [0.2, 0.25) is 0 Å². The van der Waals surface area contributed by atoms with Gasteiger partial charge in [0.1, 0.15) is 0 Å². The minimum atomic E-state index is 0. The molecule has 0 amide bonds. The lowest BCUT2D eigenvalue weighted by Gasteiger charge is -2.11. The van der Waals surface area contributed by atoms with Crippen LogP contribution in [0.5, 0.6) is 0 Å². The van der Waals surface area contributed by atoms with E-state index in [4.69, 9.17) is 4.99 Å². The smallest absolute Gasteiger partial charge is 0.191 e. The van der Waals surface area contributed by atoms with E-state index in [0.717, 1.165) is 36.3 Å². The second-order valence-corrected chi connectivity index (χ2v) is 7.60. The summed E-state index contributed by atoms with van der Waals surface area (Å²) in [5.74, 6) is 0.820. The molecule has 0 aliphatic heterocycles. The minimum absolute atomic E-state index is 0. The molecule has 1 aromatic carbocycles. The fourth-order valence-electron chi connectivity index (χ4n) is 2.82. The molecule has 0 unspecified atom stereocenters. The van der Waals surface area contributed by atoms with Gasteiger partial charge in [-0.1, -0.05) is 24.3 Å². The standard InChI is InChI=1S/C20H26N6S.HI/c1-4-21-20(23-13-19-15(2)25-16(3)27-19)22-12-17-7-5-8-18(11-17)14-26-10-6-9-24-26;/h5-11H,4,12-14H2,1-3H3,(H2,21,22,23);1H. The predicted molar refractivity (Wildman–Crippen MR) is 126 cm³/mol. The molecule has 2 N–H and O–H groups in total. The lowest BCUT2D eigenvalue weighted by molar-refractivity contribution is 0.686. The molecule has 150 valence electrons. The van der Waals surface area contributed by atoms with E-state index in [-0.39, 0.29) is 24.0 Å². The third-order valence-corrected chi connectivity index (χ3v) is 5.15. The monoisotopic (exact) mass is 510 g/mol. The quantitative estimate of drug-likeness (QED) is 0.288. The highest BCUT2D eigenvalue weighted by Gasteiger charge is 2.06. The first-order chi connectivity index (χ1) is 13.1. The van der Waals surface area contributed by atoms with Gasteiger partial charge in [-0.05, 0) is 38.0 Å². The van der Waals surface area contributed by atoms with Crippen molar-refractivity contribution >= 4 is 41.3 Å². The van der Waals surface area contributed by atoms with Gasteiger partial charge in [0.15, 0.2) is 5.96 Å². The van der Waals surface area contributed by atoms with E-state index in [1.54, 1.807) is 17.5 Å². The number of rotatable bonds is 7. The number of aromatic nitrogens is 3. The van der Waals surface area contributed by atoms with E-state index >= 15 is 0 Å². The summed E-state index contributed by atoms with van der Waals surface area (Å²) in [7, 11) is 0. The van der Waals surface area contributed by atoms with Crippen LogP contribution < -0.4 is 10.6 Å². The van der Waals surface area contributed by atoms with Gasteiger partial charge in [-0.3, -0.25) is 4.68 Å². The number of guanidine groups is 1. The number of thiazole rings is 1. The predicted octanol–water partition coefficient (Wildman–Crippen LogP) is 3.88. The third kappa shape index (κ3) is 6.59. The van der Waals surface area contributed by atoms with Crippen molar-refractivity contribution in [2.24, 2.45) is 4.99 Å². The van der Waals surface area contributed by atoms with E-state index in [9.17, 15) is 0 Å². The average Bonchev–Trinajstić information content (AvgIpc) is 3.27. The van der Waals surface area contributed by atoms with Crippen molar-refractivity contribution in [3.63, 3.8) is 0 Å². The number of hydrogen-bond donors (Lipinski definition) is 2. The van der Waals surface area contributed by atoms with E-state index in [0.29, 0.717) is 6.54 Å². The van der Waals surface area contributed by atoms with Crippen LogP contribution in [0.3, 0.4) is 0 Å². The van der Waals surface area contributed by atoms with Gasteiger partial charge in [-0.25, -0.2) is 9.98 Å². The Morgan fingerprint density at radius 2 is 2.00 bits per heavy atom. The molecule has 2 heterocycles. The van der Waals surface area contributed by atoms with Gasteiger partial charge in [-0.2, -0.15) is 5.10 Å². The van der Waals surface area contributed by atoms with Crippen molar-refractivity contribution in [3.8, 4) is 0 Å². The van der Waals surface area contributed by atoms with Crippen LogP contribution in [0, 0.1) is 13.8 Å². The van der Waals surface area contributed by atoms with Crippen molar-refractivity contribution in [1.29, 1.82) is 0 Å². The fourth-order valence-corrected chi connectivity index (χ4v) is 3.70. The number of aliphatic imine (C=N–C) groups is 1. The van der Waals surface area contributed by atoms with Crippen LogP contribution in [-0.2, 0) is 19.6 Å². The number of halogens is 1. The molecule has 3 rings (SSSR count). The maximum absolute atomic E-state index is 4.73. The zero-order valence-electron chi connectivity index (χ0n) is 16.5. The lowest BCUT2D eigenvalue weighted by atomic mass is 10.1. The Labute approximate surface area is 187 Å². The largest absolute Gasteiger partial charge is 0.357 e. The lowest BCUT2D eigenvalue weighted by Crippen LogP contribution is -2.36. The first-order valence-electron chi connectivity index (χ1n) is 9.14. The molecule has 0 aliphatic rings. The van der Waals surface area contributed by atoms with Crippen LogP contribution in [0.15, 0.2) is 47.7 Å². The molecule has 0 bridgehead atoms. The molecule has 0 spiro atoms. The van der Waals surface area contributed by atoms with E-state index in [1.807, 2.05) is 23.9 Å². The molecule has 6 nitrogen and oxygen atoms in total. The summed E-state index contributed by atoms with van der Waals surface area (Å²) in [6, 6.07) is 10.4. The summed E-state index contributed by atoms with van der Waals surface area (Å²) in [5, 5.41) is 12.1. The average molecular weight is 510 g/mol. The summed E-state index contributed by atoms with van der Waals surface area (Å²) < 4.78 is 1.92. The maximum Gasteiger partial charge on any atom is 0.191 e. The second kappa shape index (κ2) is 11.2. The highest BCUT2D eigenvalue weighted by molar-refractivity contribution is 14.0. The van der Waals surface area contributed by atoms with Gasteiger partial charge in [0.05, 0.1) is 30.3 Å². The van der Waals surface area contributed by atoms with Crippen molar-refractivity contribution in [1.82, 2.24) is 25.4 Å². The molecule has 0 fully saturated rings. The van der Waals surface area contributed by atoms with E-state index in [2.05, 4.69) is 58.8 Å². The molecule has 8 heteroatoms. The van der Waals surface area contributed by atoms with Crippen LogP contribution in [0.25, 0.3) is 0 Å². The normalized spacial score (nSPS) is 11.2. The van der Waals surface area contributed by atoms with Crippen LogP contribution in [0.4, 0.5) is 0 Å². The number of hydrogen-bond acceptors (Lipinski definition) is 4. The Morgan fingerprint density at radius 1 is 1.18 bits per heavy atom. The molecular formula is C20H27IN6S. The highest BCUT2D eigenvalue weighted by Crippen LogP contribution is 2.16. The Balaban J connectivity index is 0.00000280. The number of aryl methyl sites for hydroxylation is 2. The molecule has 28 heavy (non-hydrogen) atoms. The van der Waals surface area contributed by atoms with Gasteiger partial charge < -0.3 is 10.6 Å². The Bertz CT molecular complexity index is 888. The summed E-state index contributed by atoms with van der Waals surface area (Å²) in [6.07, 6.45) is 3.77. The second-order valence-electron chi connectivity index (χ2n) is 6.31. The Morgan fingerprint density at radius 3 is 2.68 bits per heavy atom. The third-order valence-electron chi connectivity index (χ3n) is 4.08. The molecule has 2 aromatic heterocycles. The first kappa shape index (κ1) is 22.4. The molecule has 0 saturated carbocycles. The summed E-state index contributed by atoms with van der Waals surface area (Å²) >= 11 is 1.73. The first-order valence-corrected chi connectivity index (χ1v) is 9.96. The molecular weight excluding hydrogens is 483 g/mol. The van der Waals surface area contributed by atoms with E-state index < -0.39 is 0 Å². The minimum Gasteiger partial charge on any atom is -0.357 e. The number of benzene rings is 1. The van der Waals surface area contributed by atoms with Crippen LogP contribution in [-0.4, -0.2) is 27.3 Å². The Kier molecular flexibility index (Phi) is 8.91. The van der Waals surface area contributed by atoms with Gasteiger partial charge >= 0.3 is 0 Å². The highest BCUT2D eigenvalue weighted by atomic mass is 127. The van der Waals surface area contributed by atoms with Gasteiger partial charge in [0.25, 0.3) is 0 Å². The number of nitrogens with zero attached hydrogens (tertiary/aromatic N) is 4.